The summed E-state index contributed by atoms with van der Waals surface area (Å²) in [7, 11) is 0. The van der Waals surface area contributed by atoms with Crippen LogP contribution in [0.1, 0.15) is 15.3 Å². The standard InChI is InChI=1S/C5H12N2O.K.H/c1-3-7(4-2)5(6)8;;/h3-4H2,1-2H3,(H2,6,8);;/q;+1;-1. The number of carbonyl (C=O) groups excluding carboxylic acids is 1. The van der Waals surface area contributed by atoms with E-state index in [1.807, 2.05) is 13.8 Å². The maximum atomic E-state index is 10.3. The molecule has 0 aromatic rings. The zero-order valence-corrected chi connectivity index (χ0v) is 9.47. The van der Waals surface area contributed by atoms with Crippen molar-refractivity contribution in [1.29, 1.82) is 0 Å². The van der Waals surface area contributed by atoms with E-state index in [9.17, 15) is 4.79 Å². The molecular weight excluding hydrogens is 143 g/mol. The summed E-state index contributed by atoms with van der Waals surface area (Å²) in [6.45, 7) is 5.19. The van der Waals surface area contributed by atoms with Gasteiger partial charge in [-0.1, -0.05) is 0 Å². The molecule has 0 aliphatic rings. The third-order valence-corrected chi connectivity index (χ3v) is 1.08. The van der Waals surface area contributed by atoms with Crippen LogP contribution in [-0.2, 0) is 0 Å². The minimum atomic E-state index is -0.338. The number of carbonyl (C=O) groups is 1. The fourth-order valence-corrected chi connectivity index (χ4v) is 0.535. The smallest absolute Gasteiger partial charge is 1.00 e. The van der Waals surface area contributed by atoms with Crippen LogP contribution in [0.4, 0.5) is 4.79 Å². The van der Waals surface area contributed by atoms with Gasteiger partial charge >= 0.3 is 57.4 Å². The van der Waals surface area contributed by atoms with Gasteiger partial charge in [-0.05, 0) is 13.8 Å². The molecule has 50 valence electrons. The van der Waals surface area contributed by atoms with Crippen molar-refractivity contribution in [2.24, 2.45) is 5.73 Å². The van der Waals surface area contributed by atoms with Gasteiger partial charge in [0.05, 0.1) is 0 Å². The van der Waals surface area contributed by atoms with E-state index in [0.717, 1.165) is 0 Å². The molecule has 9 heavy (non-hydrogen) atoms. The van der Waals surface area contributed by atoms with Gasteiger partial charge in [0.2, 0.25) is 0 Å². The van der Waals surface area contributed by atoms with Gasteiger partial charge in [-0.2, -0.15) is 0 Å². The van der Waals surface area contributed by atoms with Gasteiger partial charge in [0, 0.05) is 13.1 Å². The molecule has 0 fully saturated rings. The monoisotopic (exact) mass is 156 g/mol. The average molecular weight is 156 g/mol. The molecule has 2 N–H and O–H groups in total. The third-order valence-electron chi connectivity index (χ3n) is 1.08. The number of nitrogens with two attached hydrogens (primary N) is 1. The molecule has 0 aliphatic heterocycles. The molecule has 0 spiro atoms. The van der Waals surface area contributed by atoms with Crippen molar-refractivity contribution in [3.8, 4) is 0 Å². The van der Waals surface area contributed by atoms with Gasteiger partial charge in [0.15, 0.2) is 0 Å². The van der Waals surface area contributed by atoms with E-state index in [2.05, 4.69) is 0 Å². The molecular formula is C5H13KN2O. The molecule has 0 radical (unpaired) electrons. The predicted octanol–water partition coefficient (Wildman–Crippen LogP) is -2.48. The van der Waals surface area contributed by atoms with Gasteiger partial charge in [0.1, 0.15) is 0 Å². The molecule has 0 aromatic carbocycles. The zero-order chi connectivity index (χ0) is 6.57. The van der Waals surface area contributed by atoms with Gasteiger partial charge < -0.3 is 12.1 Å². The summed E-state index contributed by atoms with van der Waals surface area (Å²) >= 11 is 0. The van der Waals surface area contributed by atoms with E-state index >= 15 is 0 Å². The van der Waals surface area contributed by atoms with Crippen LogP contribution in [0.5, 0.6) is 0 Å². The number of nitrogens with zero attached hydrogens (tertiary/aromatic N) is 1. The number of amides is 2. The maximum absolute atomic E-state index is 10.3. The van der Waals surface area contributed by atoms with Crippen molar-refractivity contribution in [1.82, 2.24) is 4.90 Å². The first-order chi connectivity index (χ1) is 3.72. The van der Waals surface area contributed by atoms with Crippen LogP contribution >= 0.6 is 0 Å². The Labute approximate surface area is 99.9 Å². The summed E-state index contributed by atoms with van der Waals surface area (Å²) in [5.74, 6) is 0. The minimum absolute atomic E-state index is 0. The van der Waals surface area contributed by atoms with Crippen LogP contribution in [0.3, 0.4) is 0 Å². The van der Waals surface area contributed by atoms with Crippen LogP contribution in [-0.4, -0.2) is 24.0 Å². The second-order valence-electron chi connectivity index (χ2n) is 1.51. The molecule has 0 unspecified atom stereocenters. The summed E-state index contributed by atoms with van der Waals surface area (Å²) in [6.07, 6.45) is 0. The number of hydrogen-bond donors (Lipinski definition) is 1. The molecule has 0 rings (SSSR count). The average Bonchev–Trinajstić information content (AvgIpc) is 1.69. The van der Waals surface area contributed by atoms with E-state index in [-0.39, 0.29) is 58.8 Å². The maximum Gasteiger partial charge on any atom is 1.00 e. The normalized spacial score (nSPS) is 7.78. The van der Waals surface area contributed by atoms with E-state index in [0.29, 0.717) is 13.1 Å². The molecule has 0 atom stereocenters. The first-order valence-corrected chi connectivity index (χ1v) is 2.76. The molecule has 0 heterocycles. The molecule has 4 heteroatoms. The van der Waals surface area contributed by atoms with Crippen LogP contribution in [0.15, 0.2) is 0 Å². The quantitative estimate of drug-likeness (QED) is 0.442. The number of hydrogen-bond acceptors (Lipinski definition) is 1. The summed E-state index contributed by atoms with van der Waals surface area (Å²) in [4.78, 5) is 11.9. The van der Waals surface area contributed by atoms with Gasteiger partial charge in [0.25, 0.3) is 0 Å². The van der Waals surface area contributed by atoms with Gasteiger partial charge in [-0.15, -0.1) is 0 Å². The molecule has 0 saturated heterocycles. The van der Waals surface area contributed by atoms with Crippen LogP contribution < -0.4 is 57.1 Å². The third kappa shape index (κ3) is 5.36. The molecule has 0 aliphatic carbocycles. The Morgan fingerprint density at radius 2 is 1.89 bits per heavy atom. The van der Waals surface area contributed by atoms with Crippen molar-refractivity contribution in [2.45, 2.75) is 13.8 Å². The first-order valence-electron chi connectivity index (χ1n) is 2.76. The first kappa shape index (κ1) is 12.6. The van der Waals surface area contributed by atoms with E-state index in [1.54, 1.807) is 4.90 Å². The number of urea groups is 1. The molecule has 0 aromatic heterocycles. The van der Waals surface area contributed by atoms with Crippen molar-refractivity contribution in [3.05, 3.63) is 0 Å². The Hall–Kier alpha value is 0.906. The summed E-state index contributed by atoms with van der Waals surface area (Å²) < 4.78 is 0. The topological polar surface area (TPSA) is 46.3 Å². The van der Waals surface area contributed by atoms with Crippen molar-refractivity contribution < 1.29 is 57.6 Å². The Kier molecular flexibility index (Phi) is 9.80. The molecule has 0 saturated carbocycles. The van der Waals surface area contributed by atoms with E-state index in [4.69, 9.17) is 5.73 Å². The second kappa shape index (κ2) is 7.02. The molecule has 2 amide bonds. The summed E-state index contributed by atoms with van der Waals surface area (Å²) in [6, 6.07) is -0.338. The summed E-state index contributed by atoms with van der Waals surface area (Å²) in [5, 5.41) is 0. The van der Waals surface area contributed by atoms with Gasteiger partial charge in [-0.25, -0.2) is 4.79 Å². The zero-order valence-electron chi connectivity index (χ0n) is 7.35. The van der Waals surface area contributed by atoms with Crippen LogP contribution in [0.2, 0.25) is 0 Å². The summed E-state index contributed by atoms with van der Waals surface area (Å²) in [5.41, 5.74) is 4.94. The van der Waals surface area contributed by atoms with Crippen molar-refractivity contribution in [2.75, 3.05) is 13.1 Å². The largest absolute Gasteiger partial charge is 1.00 e. The van der Waals surface area contributed by atoms with E-state index in [1.165, 1.54) is 0 Å². The SMILES string of the molecule is CCN(CC)C(N)=O.[H-].[K+]. The fourth-order valence-electron chi connectivity index (χ4n) is 0.535. The van der Waals surface area contributed by atoms with Gasteiger partial charge in [-0.3, -0.25) is 0 Å². The van der Waals surface area contributed by atoms with Crippen molar-refractivity contribution >= 4 is 6.03 Å². The van der Waals surface area contributed by atoms with Crippen LogP contribution in [0.25, 0.3) is 0 Å². The molecule has 3 nitrogen and oxygen atoms in total. The Balaban J connectivity index is -0.000000245. The second-order valence-corrected chi connectivity index (χ2v) is 1.51. The van der Waals surface area contributed by atoms with Crippen molar-refractivity contribution in [3.63, 3.8) is 0 Å². The van der Waals surface area contributed by atoms with Crippen LogP contribution in [0, 0.1) is 0 Å². The number of primary amides is 1. The Morgan fingerprint density at radius 3 is 1.89 bits per heavy atom. The molecule has 0 bridgehead atoms. The minimum Gasteiger partial charge on any atom is -1.00 e. The fraction of sp³-hybridized carbons (Fsp3) is 0.800. The predicted molar refractivity (Wildman–Crippen MR) is 33.6 cm³/mol. The number of rotatable bonds is 2. The van der Waals surface area contributed by atoms with E-state index < -0.39 is 0 Å². The Bertz CT molecular complexity index is 87.7. The Morgan fingerprint density at radius 1 is 1.56 bits per heavy atom.